The first kappa shape index (κ1) is 15.4. The predicted molar refractivity (Wildman–Crippen MR) is 95.6 cm³/mol. The number of amides is 2. The summed E-state index contributed by atoms with van der Waals surface area (Å²) in [6.45, 7) is 1.96. The molecule has 1 aliphatic rings. The van der Waals surface area contributed by atoms with Crippen molar-refractivity contribution in [2.45, 2.75) is 25.8 Å². The highest BCUT2D eigenvalue weighted by molar-refractivity contribution is 6.00. The summed E-state index contributed by atoms with van der Waals surface area (Å²) < 4.78 is 2.08. The SMILES string of the molecule is Cc1nc2cc(NC(=O)[C@H]3CCC(=O)N3)ccc2n1-c1ccccc1. The number of nitrogens with one attached hydrogen (secondary N) is 2. The van der Waals surface area contributed by atoms with Gasteiger partial charge in [-0.3, -0.25) is 14.2 Å². The Balaban J connectivity index is 1.63. The second-order valence-electron chi connectivity index (χ2n) is 6.18. The standard InChI is InChI=1S/C19H18N4O2/c1-12-20-16-11-13(21-19(25)15-8-10-18(24)22-15)7-9-17(16)23(12)14-5-3-2-4-6-14/h2-7,9,11,15H,8,10H2,1H3,(H,21,25)(H,22,24)/t15-/m1/s1. The molecule has 1 saturated heterocycles. The third-order valence-corrected chi connectivity index (χ3v) is 4.42. The number of benzene rings is 2. The molecule has 6 nitrogen and oxygen atoms in total. The van der Waals surface area contributed by atoms with E-state index in [2.05, 4.69) is 20.2 Å². The molecule has 1 aliphatic heterocycles. The Hall–Kier alpha value is -3.15. The van der Waals surface area contributed by atoms with Gasteiger partial charge in [0.2, 0.25) is 11.8 Å². The molecule has 2 heterocycles. The van der Waals surface area contributed by atoms with Crippen LogP contribution in [0.25, 0.3) is 16.7 Å². The van der Waals surface area contributed by atoms with E-state index in [4.69, 9.17) is 0 Å². The third kappa shape index (κ3) is 2.87. The van der Waals surface area contributed by atoms with Crippen molar-refractivity contribution in [1.29, 1.82) is 0 Å². The van der Waals surface area contributed by atoms with E-state index < -0.39 is 6.04 Å². The van der Waals surface area contributed by atoms with Crippen LogP contribution in [0.4, 0.5) is 5.69 Å². The summed E-state index contributed by atoms with van der Waals surface area (Å²) in [6, 6.07) is 15.2. The molecule has 0 aliphatic carbocycles. The summed E-state index contributed by atoms with van der Waals surface area (Å²) in [5, 5.41) is 5.54. The van der Waals surface area contributed by atoms with Crippen molar-refractivity contribution in [3.8, 4) is 5.69 Å². The van der Waals surface area contributed by atoms with Crippen LogP contribution < -0.4 is 10.6 Å². The highest BCUT2D eigenvalue weighted by Gasteiger charge is 2.27. The van der Waals surface area contributed by atoms with Crippen LogP contribution in [-0.4, -0.2) is 27.4 Å². The molecule has 3 aromatic rings. The van der Waals surface area contributed by atoms with Gasteiger partial charge >= 0.3 is 0 Å². The van der Waals surface area contributed by atoms with Crippen LogP contribution in [0, 0.1) is 6.92 Å². The lowest BCUT2D eigenvalue weighted by molar-refractivity contribution is -0.122. The molecular formula is C19H18N4O2. The minimum atomic E-state index is -0.452. The second kappa shape index (κ2) is 6.05. The summed E-state index contributed by atoms with van der Waals surface area (Å²) in [4.78, 5) is 28.1. The fraction of sp³-hybridized carbons (Fsp3) is 0.211. The Kier molecular flexibility index (Phi) is 3.72. The van der Waals surface area contributed by atoms with Crippen LogP contribution in [0.2, 0.25) is 0 Å². The highest BCUT2D eigenvalue weighted by Crippen LogP contribution is 2.24. The van der Waals surface area contributed by atoms with E-state index in [9.17, 15) is 9.59 Å². The van der Waals surface area contributed by atoms with Crippen molar-refractivity contribution in [1.82, 2.24) is 14.9 Å². The Morgan fingerprint density at radius 3 is 2.76 bits per heavy atom. The van der Waals surface area contributed by atoms with Gasteiger partial charge in [0.25, 0.3) is 0 Å². The number of fused-ring (bicyclic) bond motifs is 1. The minimum absolute atomic E-state index is 0.0761. The fourth-order valence-corrected chi connectivity index (χ4v) is 3.22. The zero-order chi connectivity index (χ0) is 17.4. The molecule has 6 heteroatoms. The fourth-order valence-electron chi connectivity index (χ4n) is 3.22. The third-order valence-electron chi connectivity index (χ3n) is 4.42. The maximum atomic E-state index is 12.2. The summed E-state index contributed by atoms with van der Waals surface area (Å²) in [5.74, 6) is 0.616. The maximum absolute atomic E-state index is 12.2. The summed E-state index contributed by atoms with van der Waals surface area (Å²) in [7, 11) is 0. The number of aromatic nitrogens is 2. The van der Waals surface area contributed by atoms with Crippen LogP contribution in [0.3, 0.4) is 0 Å². The largest absolute Gasteiger partial charge is 0.344 e. The normalized spacial score (nSPS) is 16.8. The summed E-state index contributed by atoms with van der Waals surface area (Å²) >= 11 is 0. The van der Waals surface area contributed by atoms with Crippen LogP contribution >= 0.6 is 0 Å². The smallest absolute Gasteiger partial charge is 0.246 e. The molecule has 0 bridgehead atoms. The van der Waals surface area contributed by atoms with Crippen molar-refractivity contribution >= 4 is 28.5 Å². The van der Waals surface area contributed by atoms with Gasteiger partial charge in [-0.05, 0) is 43.7 Å². The second-order valence-corrected chi connectivity index (χ2v) is 6.18. The molecule has 4 rings (SSSR count). The Bertz CT molecular complexity index is 962. The number of para-hydroxylation sites is 1. The maximum Gasteiger partial charge on any atom is 0.246 e. The van der Waals surface area contributed by atoms with Crippen LogP contribution in [0.15, 0.2) is 48.5 Å². The van der Waals surface area contributed by atoms with Crippen LogP contribution in [0.5, 0.6) is 0 Å². The van der Waals surface area contributed by atoms with Crippen LogP contribution in [-0.2, 0) is 9.59 Å². The quantitative estimate of drug-likeness (QED) is 0.773. The number of imidazole rings is 1. The van der Waals surface area contributed by atoms with Gasteiger partial charge in [-0.1, -0.05) is 18.2 Å². The van der Waals surface area contributed by atoms with E-state index in [1.807, 2.05) is 55.5 Å². The number of carbonyl (C=O) groups excluding carboxylic acids is 2. The van der Waals surface area contributed by atoms with Crippen molar-refractivity contribution in [3.05, 3.63) is 54.4 Å². The first-order valence-electron chi connectivity index (χ1n) is 8.26. The average Bonchev–Trinajstić information content (AvgIpc) is 3.18. The van der Waals surface area contributed by atoms with Crippen molar-refractivity contribution < 1.29 is 9.59 Å². The Morgan fingerprint density at radius 1 is 1.24 bits per heavy atom. The molecular weight excluding hydrogens is 316 g/mol. The number of hydrogen-bond donors (Lipinski definition) is 2. The molecule has 1 aromatic heterocycles. The number of rotatable bonds is 3. The predicted octanol–water partition coefficient (Wildman–Crippen LogP) is 2.55. The molecule has 0 unspecified atom stereocenters. The molecule has 25 heavy (non-hydrogen) atoms. The molecule has 0 spiro atoms. The Morgan fingerprint density at radius 2 is 2.04 bits per heavy atom. The van der Waals surface area contributed by atoms with Gasteiger partial charge in [-0.15, -0.1) is 0 Å². The lowest BCUT2D eigenvalue weighted by Gasteiger charge is -2.11. The zero-order valence-corrected chi connectivity index (χ0v) is 13.8. The molecule has 1 atom stereocenters. The number of nitrogens with zero attached hydrogens (tertiary/aromatic N) is 2. The highest BCUT2D eigenvalue weighted by atomic mass is 16.2. The van der Waals surface area contributed by atoms with Gasteiger partial charge in [0.15, 0.2) is 0 Å². The summed E-state index contributed by atoms with van der Waals surface area (Å²) in [5.41, 5.74) is 3.52. The van der Waals surface area contributed by atoms with Gasteiger partial charge in [-0.2, -0.15) is 0 Å². The average molecular weight is 334 g/mol. The van der Waals surface area contributed by atoms with Gasteiger partial charge in [0.1, 0.15) is 11.9 Å². The van der Waals surface area contributed by atoms with Gasteiger partial charge in [0, 0.05) is 17.8 Å². The first-order valence-corrected chi connectivity index (χ1v) is 8.26. The minimum Gasteiger partial charge on any atom is -0.344 e. The molecule has 2 amide bonds. The number of anilines is 1. The lowest BCUT2D eigenvalue weighted by atomic mass is 10.2. The van der Waals surface area contributed by atoms with E-state index in [0.717, 1.165) is 22.5 Å². The van der Waals surface area contributed by atoms with Gasteiger partial charge < -0.3 is 10.6 Å². The van der Waals surface area contributed by atoms with E-state index in [1.165, 1.54) is 0 Å². The van der Waals surface area contributed by atoms with E-state index >= 15 is 0 Å². The first-order chi connectivity index (χ1) is 12.1. The monoisotopic (exact) mass is 334 g/mol. The molecule has 2 aromatic carbocycles. The number of aryl methyl sites for hydroxylation is 1. The molecule has 0 saturated carbocycles. The van der Waals surface area contributed by atoms with E-state index in [-0.39, 0.29) is 11.8 Å². The topological polar surface area (TPSA) is 76.0 Å². The van der Waals surface area contributed by atoms with Gasteiger partial charge in [-0.25, -0.2) is 4.98 Å². The van der Waals surface area contributed by atoms with Crippen LogP contribution in [0.1, 0.15) is 18.7 Å². The molecule has 0 radical (unpaired) electrons. The number of hydrogen-bond acceptors (Lipinski definition) is 3. The van der Waals surface area contributed by atoms with Crippen molar-refractivity contribution in [2.75, 3.05) is 5.32 Å². The zero-order valence-electron chi connectivity index (χ0n) is 13.8. The number of carbonyl (C=O) groups is 2. The lowest BCUT2D eigenvalue weighted by Crippen LogP contribution is -2.37. The van der Waals surface area contributed by atoms with Crippen molar-refractivity contribution in [2.24, 2.45) is 0 Å². The van der Waals surface area contributed by atoms with E-state index in [1.54, 1.807) is 0 Å². The van der Waals surface area contributed by atoms with Gasteiger partial charge in [0.05, 0.1) is 11.0 Å². The Labute approximate surface area is 144 Å². The molecule has 126 valence electrons. The van der Waals surface area contributed by atoms with E-state index in [0.29, 0.717) is 18.5 Å². The molecule has 2 N–H and O–H groups in total. The summed E-state index contributed by atoms with van der Waals surface area (Å²) in [6.07, 6.45) is 0.937. The molecule has 1 fully saturated rings. The van der Waals surface area contributed by atoms with Crippen molar-refractivity contribution in [3.63, 3.8) is 0 Å².